The van der Waals surface area contributed by atoms with Gasteiger partial charge in [0.05, 0.1) is 11.5 Å². The smallest absolute Gasteiger partial charge is 0.419 e. The molecule has 0 bridgehead atoms. The van der Waals surface area contributed by atoms with Crippen LogP contribution in [0.3, 0.4) is 0 Å². The third kappa shape index (κ3) is 5.49. The molecule has 0 aromatic carbocycles. The van der Waals surface area contributed by atoms with E-state index in [1.54, 1.807) is 16.7 Å². The number of ether oxygens (including phenoxy) is 1. The van der Waals surface area contributed by atoms with E-state index in [1.165, 1.54) is 0 Å². The first kappa shape index (κ1) is 22.1. The van der Waals surface area contributed by atoms with Crippen LogP contribution in [0.1, 0.15) is 18.9 Å². The second-order valence-corrected chi connectivity index (χ2v) is 7.57. The van der Waals surface area contributed by atoms with Gasteiger partial charge in [-0.1, -0.05) is 0 Å². The van der Waals surface area contributed by atoms with Crippen molar-refractivity contribution in [1.29, 1.82) is 0 Å². The summed E-state index contributed by atoms with van der Waals surface area (Å²) >= 11 is 0. The molecule has 9 nitrogen and oxygen atoms in total. The van der Waals surface area contributed by atoms with Gasteiger partial charge in [-0.2, -0.15) is 13.2 Å². The molecule has 2 amide bonds. The standard InChI is InChI=1S/C18H25F3N6O3/c1-12(30-16(22)29)10-25-3-2-13(11-25)15(28)26-4-6-27(7-5-26)17-23-8-14(9-24-17)18(19,20)21/h8-9,12-13H,2-7,10-11H2,1H3,(H2,22,29)/t12-,13-/m0/s1. The predicted octanol–water partition coefficient (Wildman–Crippen LogP) is 0.950. The zero-order valence-corrected chi connectivity index (χ0v) is 16.6. The van der Waals surface area contributed by atoms with Crippen LogP contribution in [0.15, 0.2) is 12.4 Å². The lowest BCUT2D eigenvalue weighted by molar-refractivity contribution is -0.138. The zero-order chi connectivity index (χ0) is 21.9. The van der Waals surface area contributed by atoms with E-state index in [0.717, 1.165) is 25.4 Å². The Balaban J connectivity index is 1.47. The van der Waals surface area contributed by atoms with Gasteiger partial charge in [0, 0.05) is 51.7 Å². The Labute approximate surface area is 172 Å². The van der Waals surface area contributed by atoms with E-state index in [-0.39, 0.29) is 23.9 Å². The number of nitrogens with two attached hydrogens (primary N) is 1. The number of anilines is 1. The summed E-state index contributed by atoms with van der Waals surface area (Å²) in [5.41, 5.74) is 4.13. The number of alkyl halides is 3. The fourth-order valence-electron chi connectivity index (χ4n) is 3.82. The average molecular weight is 430 g/mol. The molecule has 3 heterocycles. The molecule has 0 saturated carbocycles. The fourth-order valence-corrected chi connectivity index (χ4v) is 3.82. The van der Waals surface area contributed by atoms with Crippen LogP contribution in [-0.4, -0.2) is 83.7 Å². The van der Waals surface area contributed by atoms with E-state index in [1.807, 2.05) is 0 Å². The van der Waals surface area contributed by atoms with Gasteiger partial charge in [-0.3, -0.25) is 9.69 Å². The first-order valence-electron chi connectivity index (χ1n) is 9.75. The maximum Gasteiger partial charge on any atom is 0.419 e. The van der Waals surface area contributed by atoms with Gasteiger partial charge in [-0.05, 0) is 19.9 Å². The van der Waals surface area contributed by atoms with Crippen molar-refractivity contribution in [1.82, 2.24) is 19.8 Å². The lowest BCUT2D eigenvalue weighted by Crippen LogP contribution is -2.51. The molecule has 1 aromatic rings. The molecule has 0 unspecified atom stereocenters. The Kier molecular flexibility index (Phi) is 6.64. The number of primary amides is 1. The van der Waals surface area contributed by atoms with Crippen LogP contribution >= 0.6 is 0 Å². The predicted molar refractivity (Wildman–Crippen MR) is 101 cm³/mol. The first-order chi connectivity index (χ1) is 14.1. The molecular weight excluding hydrogens is 405 g/mol. The third-order valence-electron chi connectivity index (χ3n) is 5.29. The van der Waals surface area contributed by atoms with Gasteiger partial charge in [0.15, 0.2) is 0 Å². The van der Waals surface area contributed by atoms with Crippen molar-refractivity contribution < 1.29 is 27.5 Å². The number of carbonyl (C=O) groups is 2. The van der Waals surface area contributed by atoms with Crippen LogP contribution < -0.4 is 10.6 Å². The molecular formula is C18H25F3N6O3. The van der Waals surface area contributed by atoms with Crippen molar-refractivity contribution >= 4 is 17.9 Å². The van der Waals surface area contributed by atoms with Crippen LogP contribution in [0.25, 0.3) is 0 Å². The van der Waals surface area contributed by atoms with Crippen molar-refractivity contribution in [2.45, 2.75) is 25.6 Å². The van der Waals surface area contributed by atoms with Crippen LogP contribution in [0.4, 0.5) is 23.9 Å². The summed E-state index contributed by atoms with van der Waals surface area (Å²) in [7, 11) is 0. The van der Waals surface area contributed by atoms with Crippen LogP contribution in [0.2, 0.25) is 0 Å². The van der Waals surface area contributed by atoms with E-state index in [4.69, 9.17) is 10.5 Å². The lowest BCUT2D eigenvalue weighted by atomic mass is 10.1. The van der Waals surface area contributed by atoms with Gasteiger partial charge in [-0.25, -0.2) is 14.8 Å². The Bertz CT molecular complexity index is 753. The number of hydrogen-bond donors (Lipinski definition) is 1. The van der Waals surface area contributed by atoms with Gasteiger partial charge < -0.3 is 20.3 Å². The molecule has 3 rings (SSSR count). The summed E-state index contributed by atoms with van der Waals surface area (Å²) in [6.45, 7) is 5.43. The molecule has 166 valence electrons. The molecule has 2 aliphatic heterocycles. The minimum absolute atomic E-state index is 0.0639. The molecule has 0 aliphatic carbocycles. The summed E-state index contributed by atoms with van der Waals surface area (Å²) in [5, 5.41) is 0. The Morgan fingerprint density at radius 2 is 1.83 bits per heavy atom. The highest BCUT2D eigenvalue weighted by molar-refractivity contribution is 5.79. The van der Waals surface area contributed by atoms with E-state index in [2.05, 4.69) is 14.9 Å². The van der Waals surface area contributed by atoms with Crippen molar-refractivity contribution in [2.24, 2.45) is 11.7 Å². The highest BCUT2D eigenvalue weighted by atomic mass is 19.4. The fraction of sp³-hybridized carbons (Fsp3) is 0.667. The van der Waals surface area contributed by atoms with E-state index in [0.29, 0.717) is 39.3 Å². The SMILES string of the molecule is C[C@@H](CN1CC[C@H](C(=O)N2CCN(c3ncc(C(F)(F)F)cn3)CC2)C1)OC(N)=O. The first-order valence-corrected chi connectivity index (χ1v) is 9.75. The minimum atomic E-state index is -4.47. The van der Waals surface area contributed by atoms with Crippen molar-refractivity contribution in [3.8, 4) is 0 Å². The lowest BCUT2D eigenvalue weighted by Gasteiger charge is -2.36. The third-order valence-corrected chi connectivity index (χ3v) is 5.29. The number of piperazine rings is 1. The second kappa shape index (κ2) is 9.02. The molecule has 30 heavy (non-hydrogen) atoms. The molecule has 2 saturated heterocycles. The Morgan fingerprint density at radius 1 is 1.20 bits per heavy atom. The van der Waals surface area contributed by atoms with Crippen LogP contribution in [-0.2, 0) is 15.7 Å². The molecule has 2 N–H and O–H groups in total. The number of amides is 2. The second-order valence-electron chi connectivity index (χ2n) is 7.57. The zero-order valence-electron chi connectivity index (χ0n) is 16.6. The number of halogens is 3. The largest absolute Gasteiger partial charge is 0.445 e. The number of aromatic nitrogens is 2. The Hall–Kier alpha value is -2.63. The molecule has 12 heteroatoms. The molecule has 0 spiro atoms. The van der Waals surface area contributed by atoms with Gasteiger partial charge in [0.1, 0.15) is 6.10 Å². The number of nitrogens with zero attached hydrogens (tertiary/aromatic N) is 5. The van der Waals surface area contributed by atoms with Gasteiger partial charge in [-0.15, -0.1) is 0 Å². The summed E-state index contributed by atoms with van der Waals surface area (Å²) in [6, 6.07) is 0. The van der Waals surface area contributed by atoms with Crippen molar-refractivity contribution in [2.75, 3.05) is 50.7 Å². The van der Waals surface area contributed by atoms with Crippen molar-refractivity contribution in [3.05, 3.63) is 18.0 Å². The maximum atomic E-state index is 12.8. The Morgan fingerprint density at radius 3 is 2.40 bits per heavy atom. The molecule has 2 fully saturated rings. The summed E-state index contributed by atoms with van der Waals surface area (Å²) in [4.78, 5) is 36.9. The van der Waals surface area contributed by atoms with Crippen LogP contribution in [0.5, 0.6) is 0 Å². The van der Waals surface area contributed by atoms with E-state index in [9.17, 15) is 22.8 Å². The molecule has 2 atom stereocenters. The maximum absolute atomic E-state index is 12.8. The quantitative estimate of drug-likeness (QED) is 0.742. The number of hydrogen-bond acceptors (Lipinski definition) is 7. The van der Waals surface area contributed by atoms with Gasteiger partial charge in [0.2, 0.25) is 11.9 Å². The highest BCUT2D eigenvalue weighted by Gasteiger charge is 2.34. The number of likely N-dealkylation sites (tertiary alicyclic amines) is 1. The normalized spacial score (nSPS) is 21.5. The molecule has 1 aromatic heterocycles. The molecule has 2 aliphatic rings. The summed E-state index contributed by atoms with van der Waals surface area (Å²) in [6.07, 6.45) is -3.36. The van der Waals surface area contributed by atoms with Gasteiger partial charge in [0.25, 0.3) is 0 Å². The topological polar surface area (TPSA) is 105 Å². The average Bonchev–Trinajstić information content (AvgIpc) is 3.14. The summed E-state index contributed by atoms with van der Waals surface area (Å²) in [5.74, 6) is 0.166. The van der Waals surface area contributed by atoms with Crippen LogP contribution in [0, 0.1) is 5.92 Å². The van der Waals surface area contributed by atoms with Gasteiger partial charge >= 0.3 is 12.3 Å². The van der Waals surface area contributed by atoms with E-state index < -0.39 is 17.8 Å². The molecule has 0 radical (unpaired) electrons. The monoisotopic (exact) mass is 430 g/mol. The minimum Gasteiger partial charge on any atom is -0.445 e. The van der Waals surface area contributed by atoms with E-state index >= 15 is 0 Å². The number of carbonyl (C=O) groups excluding carboxylic acids is 2. The number of rotatable bonds is 5. The summed E-state index contributed by atoms with van der Waals surface area (Å²) < 4.78 is 42.8. The highest BCUT2D eigenvalue weighted by Crippen LogP contribution is 2.28. The van der Waals surface area contributed by atoms with Crippen molar-refractivity contribution in [3.63, 3.8) is 0 Å².